The highest BCUT2D eigenvalue weighted by Gasteiger charge is 2.17. The summed E-state index contributed by atoms with van der Waals surface area (Å²) in [6, 6.07) is 8.92. The normalized spacial score (nSPS) is 18.9. The van der Waals surface area contributed by atoms with Gasteiger partial charge in [0.1, 0.15) is 0 Å². The second-order valence-electron chi connectivity index (χ2n) is 5.48. The average molecular weight is 246 g/mol. The summed E-state index contributed by atoms with van der Waals surface area (Å²) in [6.07, 6.45) is 3.86. The van der Waals surface area contributed by atoms with Crippen molar-refractivity contribution in [2.75, 3.05) is 33.2 Å². The molecular weight excluding hydrogens is 220 g/mol. The van der Waals surface area contributed by atoms with Gasteiger partial charge in [-0.1, -0.05) is 31.2 Å². The van der Waals surface area contributed by atoms with E-state index in [2.05, 4.69) is 48.5 Å². The highest BCUT2D eigenvalue weighted by Crippen LogP contribution is 2.24. The Morgan fingerprint density at radius 1 is 1.28 bits per heavy atom. The first-order chi connectivity index (χ1) is 8.79. The van der Waals surface area contributed by atoms with Gasteiger partial charge >= 0.3 is 0 Å². The van der Waals surface area contributed by atoms with Crippen molar-refractivity contribution >= 4 is 0 Å². The van der Waals surface area contributed by atoms with E-state index in [1.165, 1.54) is 25.8 Å². The third kappa shape index (κ3) is 3.82. The maximum atomic E-state index is 3.61. The fourth-order valence-corrected chi connectivity index (χ4v) is 2.68. The summed E-state index contributed by atoms with van der Waals surface area (Å²) in [5.41, 5.74) is 3.14. The molecular formula is C16H26N2. The summed E-state index contributed by atoms with van der Waals surface area (Å²) in [7, 11) is 2.18. The van der Waals surface area contributed by atoms with Crippen molar-refractivity contribution < 1.29 is 0 Å². The van der Waals surface area contributed by atoms with Gasteiger partial charge in [0.05, 0.1) is 0 Å². The molecule has 18 heavy (non-hydrogen) atoms. The summed E-state index contributed by atoms with van der Waals surface area (Å²) < 4.78 is 0. The molecule has 1 atom stereocenters. The van der Waals surface area contributed by atoms with Crippen molar-refractivity contribution in [2.45, 2.75) is 26.2 Å². The lowest BCUT2D eigenvalue weighted by atomic mass is 9.84. The van der Waals surface area contributed by atoms with Crippen molar-refractivity contribution in [1.29, 1.82) is 0 Å². The van der Waals surface area contributed by atoms with E-state index >= 15 is 0 Å². The van der Waals surface area contributed by atoms with E-state index in [1.54, 1.807) is 11.1 Å². The number of nitrogens with one attached hydrogen (secondary N) is 1. The molecule has 1 aliphatic rings. The van der Waals surface area contributed by atoms with Gasteiger partial charge < -0.3 is 10.2 Å². The van der Waals surface area contributed by atoms with Crippen LogP contribution in [0.5, 0.6) is 0 Å². The van der Waals surface area contributed by atoms with Gasteiger partial charge in [-0.2, -0.15) is 0 Å². The second-order valence-corrected chi connectivity index (χ2v) is 5.48. The largest absolute Gasteiger partial charge is 0.315 e. The molecule has 2 heteroatoms. The van der Waals surface area contributed by atoms with Gasteiger partial charge in [-0.3, -0.25) is 0 Å². The molecule has 1 aliphatic carbocycles. The first kappa shape index (κ1) is 13.6. The fraction of sp³-hybridized carbons (Fsp3) is 0.625. The van der Waals surface area contributed by atoms with Crippen molar-refractivity contribution in [3.63, 3.8) is 0 Å². The van der Waals surface area contributed by atoms with Crippen molar-refractivity contribution in [3.8, 4) is 0 Å². The third-order valence-corrected chi connectivity index (χ3v) is 4.09. The predicted molar refractivity (Wildman–Crippen MR) is 78.0 cm³/mol. The zero-order valence-corrected chi connectivity index (χ0v) is 11.8. The SMILES string of the molecule is CCN(C)CCNCC1CCc2ccccc2C1. The molecule has 0 saturated carbocycles. The number of hydrogen-bond donors (Lipinski definition) is 1. The maximum absolute atomic E-state index is 3.61. The van der Waals surface area contributed by atoms with Crippen LogP contribution in [0.4, 0.5) is 0 Å². The molecule has 1 aromatic carbocycles. The number of benzene rings is 1. The van der Waals surface area contributed by atoms with Gasteiger partial charge in [0, 0.05) is 13.1 Å². The van der Waals surface area contributed by atoms with E-state index in [1.807, 2.05) is 0 Å². The Balaban J connectivity index is 1.70. The molecule has 2 nitrogen and oxygen atoms in total. The van der Waals surface area contributed by atoms with Gasteiger partial charge in [-0.05, 0) is 56.4 Å². The van der Waals surface area contributed by atoms with Crippen LogP contribution < -0.4 is 5.32 Å². The molecule has 1 N–H and O–H groups in total. The molecule has 0 bridgehead atoms. The van der Waals surface area contributed by atoms with Crippen LogP contribution in [0.15, 0.2) is 24.3 Å². The van der Waals surface area contributed by atoms with Crippen LogP contribution in [0.3, 0.4) is 0 Å². The second kappa shape index (κ2) is 6.91. The summed E-state index contributed by atoms with van der Waals surface area (Å²) in [4.78, 5) is 2.35. The standard InChI is InChI=1S/C16H26N2/c1-3-18(2)11-10-17-13-14-8-9-15-6-4-5-7-16(15)12-14/h4-7,14,17H,3,8-13H2,1-2H3. The lowest BCUT2D eigenvalue weighted by Gasteiger charge is -2.25. The molecule has 0 amide bonds. The monoisotopic (exact) mass is 246 g/mol. The van der Waals surface area contributed by atoms with Gasteiger partial charge in [0.25, 0.3) is 0 Å². The van der Waals surface area contributed by atoms with Crippen LogP contribution in [-0.2, 0) is 12.8 Å². The molecule has 0 aliphatic heterocycles. The molecule has 1 aromatic rings. The van der Waals surface area contributed by atoms with Crippen LogP contribution in [0.2, 0.25) is 0 Å². The smallest absolute Gasteiger partial charge is 0.0104 e. The molecule has 100 valence electrons. The fourth-order valence-electron chi connectivity index (χ4n) is 2.68. The highest BCUT2D eigenvalue weighted by molar-refractivity contribution is 5.29. The summed E-state index contributed by atoms with van der Waals surface area (Å²) in [5, 5.41) is 3.61. The molecule has 1 unspecified atom stereocenters. The molecule has 0 spiro atoms. The summed E-state index contributed by atoms with van der Waals surface area (Å²) >= 11 is 0. The van der Waals surface area contributed by atoms with Crippen LogP contribution in [-0.4, -0.2) is 38.1 Å². The van der Waals surface area contributed by atoms with Gasteiger partial charge in [0.2, 0.25) is 0 Å². The minimum absolute atomic E-state index is 0.826. The van der Waals surface area contributed by atoms with Crippen molar-refractivity contribution in [2.24, 2.45) is 5.92 Å². The van der Waals surface area contributed by atoms with Crippen LogP contribution in [0.25, 0.3) is 0 Å². The molecule has 0 aromatic heterocycles. The topological polar surface area (TPSA) is 15.3 Å². The summed E-state index contributed by atoms with van der Waals surface area (Å²) in [6.45, 7) is 6.78. The molecule has 0 heterocycles. The minimum atomic E-state index is 0.826. The van der Waals surface area contributed by atoms with Crippen molar-refractivity contribution in [3.05, 3.63) is 35.4 Å². The zero-order chi connectivity index (χ0) is 12.8. The number of rotatable bonds is 6. The zero-order valence-electron chi connectivity index (χ0n) is 11.8. The number of aryl methyl sites for hydroxylation is 1. The Kier molecular flexibility index (Phi) is 5.21. The van der Waals surface area contributed by atoms with Gasteiger partial charge in [0.15, 0.2) is 0 Å². The third-order valence-electron chi connectivity index (χ3n) is 4.09. The quantitative estimate of drug-likeness (QED) is 0.775. The van der Waals surface area contributed by atoms with E-state index in [0.717, 1.165) is 25.6 Å². The first-order valence-corrected chi connectivity index (χ1v) is 7.25. The van der Waals surface area contributed by atoms with Crippen LogP contribution >= 0.6 is 0 Å². The Morgan fingerprint density at radius 2 is 2.06 bits per heavy atom. The highest BCUT2D eigenvalue weighted by atomic mass is 15.1. The average Bonchev–Trinajstić information content (AvgIpc) is 2.43. The predicted octanol–water partition coefficient (Wildman–Crippen LogP) is 2.33. The Labute approximate surface area is 111 Å². The molecule has 0 saturated heterocycles. The van der Waals surface area contributed by atoms with Gasteiger partial charge in [-0.15, -0.1) is 0 Å². The van der Waals surface area contributed by atoms with E-state index in [4.69, 9.17) is 0 Å². The Hall–Kier alpha value is -0.860. The van der Waals surface area contributed by atoms with Crippen LogP contribution in [0.1, 0.15) is 24.5 Å². The number of nitrogens with zero attached hydrogens (tertiary/aromatic N) is 1. The maximum Gasteiger partial charge on any atom is 0.0104 e. The minimum Gasteiger partial charge on any atom is -0.315 e. The number of hydrogen-bond acceptors (Lipinski definition) is 2. The number of fused-ring (bicyclic) bond motifs is 1. The Bertz CT molecular complexity index is 362. The Morgan fingerprint density at radius 3 is 2.83 bits per heavy atom. The van der Waals surface area contributed by atoms with Gasteiger partial charge in [-0.25, -0.2) is 0 Å². The van der Waals surface area contributed by atoms with E-state index in [9.17, 15) is 0 Å². The number of likely N-dealkylation sites (N-methyl/N-ethyl adjacent to an activating group) is 1. The first-order valence-electron chi connectivity index (χ1n) is 7.25. The lowest BCUT2D eigenvalue weighted by molar-refractivity contribution is 0.337. The van der Waals surface area contributed by atoms with Crippen molar-refractivity contribution in [1.82, 2.24) is 10.2 Å². The van der Waals surface area contributed by atoms with E-state index < -0.39 is 0 Å². The lowest BCUT2D eigenvalue weighted by Crippen LogP contribution is -2.33. The van der Waals surface area contributed by atoms with E-state index in [0.29, 0.717) is 0 Å². The molecule has 2 rings (SSSR count). The summed E-state index contributed by atoms with van der Waals surface area (Å²) in [5.74, 6) is 0.826. The molecule has 0 radical (unpaired) electrons. The van der Waals surface area contributed by atoms with Crippen LogP contribution in [0, 0.1) is 5.92 Å². The van der Waals surface area contributed by atoms with E-state index in [-0.39, 0.29) is 0 Å². The molecule has 0 fully saturated rings.